The molecule has 0 saturated heterocycles. The van der Waals surface area contributed by atoms with Crippen molar-refractivity contribution in [3.05, 3.63) is 0 Å². The molecule has 0 unspecified atom stereocenters. The van der Waals surface area contributed by atoms with Gasteiger partial charge in [-0.1, -0.05) is 40.0 Å². The average Bonchev–Trinajstić information content (AvgIpc) is 1.91. The van der Waals surface area contributed by atoms with Crippen LogP contribution >= 0.6 is 0 Å². The Labute approximate surface area is 59.1 Å². The molecule has 0 bridgehead atoms. The second kappa shape index (κ2) is 15.7. The summed E-state index contributed by atoms with van der Waals surface area (Å²) in [5.41, 5.74) is 0. The summed E-state index contributed by atoms with van der Waals surface area (Å²) in [5, 5.41) is 8.07. The fourth-order valence-electron chi connectivity index (χ4n) is 0.158. The monoisotopic (exact) mass is 132 g/mol. The minimum absolute atomic E-state index is 0.344. The van der Waals surface area contributed by atoms with E-state index in [1.165, 1.54) is 12.8 Å². The zero-order valence-electron chi connectivity index (χ0n) is 6.98. The highest BCUT2D eigenvalue weighted by atomic mass is 16.2. The third-order valence-electron chi connectivity index (χ3n) is 1.01. The lowest BCUT2D eigenvalue weighted by molar-refractivity contribution is 0.287. The first-order chi connectivity index (χ1) is 4.33. The SMILES string of the molecule is CCCC.CCCCO. The van der Waals surface area contributed by atoms with Crippen LogP contribution in [0.3, 0.4) is 0 Å². The molecule has 0 radical (unpaired) electrons. The number of unbranched alkanes of at least 4 members (excludes halogenated alkanes) is 2. The topological polar surface area (TPSA) is 20.2 Å². The molecule has 9 heavy (non-hydrogen) atoms. The van der Waals surface area contributed by atoms with Crippen molar-refractivity contribution < 1.29 is 5.11 Å². The van der Waals surface area contributed by atoms with Gasteiger partial charge in [0.05, 0.1) is 0 Å². The van der Waals surface area contributed by atoms with E-state index >= 15 is 0 Å². The molecule has 0 amide bonds. The van der Waals surface area contributed by atoms with Crippen molar-refractivity contribution in [1.29, 1.82) is 0 Å². The van der Waals surface area contributed by atoms with Crippen molar-refractivity contribution in [2.24, 2.45) is 0 Å². The maximum absolute atomic E-state index is 8.07. The summed E-state index contributed by atoms with van der Waals surface area (Å²) in [6, 6.07) is 0. The standard InChI is InChI=1S/C4H10O.C4H10/c1-2-3-4-5;1-3-4-2/h5H,2-4H2,1H3;3-4H2,1-2H3. The van der Waals surface area contributed by atoms with Crippen LogP contribution in [0.5, 0.6) is 0 Å². The van der Waals surface area contributed by atoms with Crippen LogP contribution in [0.15, 0.2) is 0 Å². The van der Waals surface area contributed by atoms with E-state index in [1.807, 2.05) is 0 Å². The van der Waals surface area contributed by atoms with Crippen molar-refractivity contribution in [2.45, 2.75) is 46.5 Å². The molecule has 0 aromatic carbocycles. The average molecular weight is 132 g/mol. The van der Waals surface area contributed by atoms with E-state index in [0.717, 1.165) is 12.8 Å². The van der Waals surface area contributed by atoms with E-state index in [2.05, 4.69) is 20.8 Å². The Morgan fingerprint density at radius 2 is 1.33 bits per heavy atom. The zero-order valence-corrected chi connectivity index (χ0v) is 6.98. The molecule has 1 heteroatoms. The lowest BCUT2D eigenvalue weighted by Gasteiger charge is -1.79. The first-order valence-electron chi connectivity index (χ1n) is 3.94. The van der Waals surface area contributed by atoms with Gasteiger partial charge in [-0.15, -0.1) is 0 Å². The lowest BCUT2D eigenvalue weighted by atomic mass is 10.4. The Morgan fingerprint density at radius 3 is 1.33 bits per heavy atom. The number of hydrogen-bond donors (Lipinski definition) is 1. The Hall–Kier alpha value is -0.0400. The van der Waals surface area contributed by atoms with Crippen LogP contribution < -0.4 is 0 Å². The third-order valence-corrected chi connectivity index (χ3v) is 1.01. The molecule has 0 aromatic heterocycles. The van der Waals surface area contributed by atoms with Gasteiger partial charge >= 0.3 is 0 Å². The normalized spacial score (nSPS) is 8.00. The molecule has 0 aromatic rings. The largest absolute Gasteiger partial charge is 0.396 e. The second-order valence-electron chi connectivity index (χ2n) is 2.08. The molecule has 1 nitrogen and oxygen atoms in total. The van der Waals surface area contributed by atoms with E-state index in [-0.39, 0.29) is 0 Å². The van der Waals surface area contributed by atoms with Crippen LogP contribution in [-0.4, -0.2) is 11.7 Å². The maximum Gasteiger partial charge on any atom is 0.0430 e. The van der Waals surface area contributed by atoms with E-state index in [9.17, 15) is 0 Å². The molecule has 0 atom stereocenters. The van der Waals surface area contributed by atoms with Gasteiger partial charge in [-0.3, -0.25) is 0 Å². The first-order valence-corrected chi connectivity index (χ1v) is 3.94. The number of hydrogen-bond acceptors (Lipinski definition) is 1. The highest BCUT2D eigenvalue weighted by molar-refractivity contribution is 4.23. The summed E-state index contributed by atoms with van der Waals surface area (Å²) in [6.07, 6.45) is 4.68. The first kappa shape index (κ1) is 11.7. The van der Waals surface area contributed by atoms with Gasteiger partial charge in [-0.05, 0) is 6.42 Å². The highest BCUT2D eigenvalue weighted by Crippen LogP contribution is 1.78. The van der Waals surface area contributed by atoms with Crippen molar-refractivity contribution in [1.82, 2.24) is 0 Å². The minimum atomic E-state index is 0.344. The summed E-state index contributed by atoms with van der Waals surface area (Å²) in [6.45, 7) is 6.76. The molecule has 0 aliphatic carbocycles. The number of aliphatic hydroxyl groups is 1. The van der Waals surface area contributed by atoms with Gasteiger partial charge < -0.3 is 5.11 Å². The Balaban J connectivity index is 0. The number of rotatable bonds is 3. The fraction of sp³-hybridized carbons (Fsp3) is 1.00. The van der Waals surface area contributed by atoms with Crippen LogP contribution in [-0.2, 0) is 0 Å². The van der Waals surface area contributed by atoms with Crippen molar-refractivity contribution in [3.63, 3.8) is 0 Å². The molecule has 1 N–H and O–H groups in total. The van der Waals surface area contributed by atoms with Gasteiger partial charge in [0, 0.05) is 6.61 Å². The predicted molar refractivity (Wildman–Crippen MR) is 42.6 cm³/mol. The van der Waals surface area contributed by atoms with Crippen LogP contribution in [0.1, 0.15) is 46.5 Å². The molecule has 0 spiro atoms. The Morgan fingerprint density at radius 1 is 0.889 bits per heavy atom. The lowest BCUT2D eigenvalue weighted by Crippen LogP contribution is -1.75. The summed E-state index contributed by atoms with van der Waals surface area (Å²) in [5.74, 6) is 0. The van der Waals surface area contributed by atoms with Gasteiger partial charge in [0.2, 0.25) is 0 Å². The van der Waals surface area contributed by atoms with E-state index in [4.69, 9.17) is 5.11 Å². The summed E-state index contributed by atoms with van der Waals surface area (Å²) in [4.78, 5) is 0. The molecular formula is C8H20O. The van der Waals surface area contributed by atoms with Crippen molar-refractivity contribution >= 4 is 0 Å². The molecule has 0 heterocycles. The second-order valence-corrected chi connectivity index (χ2v) is 2.08. The Kier molecular flexibility index (Phi) is 20.4. The molecule has 0 aliphatic rings. The molecule has 0 saturated carbocycles. The quantitative estimate of drug-likeness (QED) is 0.625. The van der Waals surface area contributed by atoms with Gasteiger partial charge in [0.25, 0.3) is 0 Å². The van der Waals surface area contributed by atoms with Gasteiger partial charge in [-0.2, -0.15) is 0 Å². The summed E-state index contributed by atoms with van der Waals surface area (Å²) in [7, 11) is 0. The van der Waals surface area contributed by atoms with Gasteiger partial charge in [-0.25, -0.2) is 0 Å². The fourth-order valence-corrected chi connectivity index (χ4v) is 0.158. The Bertz CT molecular complexity index is 23.7. The molecular weight excluding hydrogens is 112 g/mol. The summed E-state index contributed by atoms with van der Waals surface area (Å²) >= 11 is 0. The molecule has 0 rings (SSSR count). The maximum atomic E-state index is 8.07. The number of aliphatic hydroxyl groups excluding tert-OH is 1. The summed E-state index contributed by atoms with van der Waals surface area (Å²) < 4.78 is 0. The highest BCUT2D eigenvalue weighted by Gasteiger charge is 1.69. The molecule has 0 fully saturated rings. The minimum Gasteiger partial charge on any atom is -0.396 e. The molecule has 58 valence electrons. The van der Waals surface area contributed by atoms with E-state index < -0.39 is 0 Å². The predicted octanol–water partition coefficient (Wildman–Crippen LogP) is 2.59. The zero-order chi connectivity index (χ0) is 7.54. The van der Waals surface area contributed by atoms with Crippen molar-refractivity contribution in [3.8, 4) is 0 Å². The molecule has 0 aliphatic heterocycles. The smallest absolute Gasteiger partial charge is 0.0430 e. The third kappa shape index (κ3) is 32.3. The van der Waals surface area contributed by atoms with Gasteiger partial charge in [0.1, 0.15) is 0 Å². The van der Waals surface area contributed by atoms with Gasteiger partial charge in [0.15, 0.2) is 0 Å². The van der Waals surface area contributed by atoms with Crippen LogP contribution in [0.4, 0.5) is 0 Å². The van der Waals surface area contributed by atoms with Crippen LogP contribution in [0.2, 0.25) is 0 Å². The van der Waals surface area contributed by atoms with E-state index in [0.29, 0.717) is 6.61 Å². The van der Waals surface area contributed by atoms with Crippen LogP contribution in [0.25, 0.3) is 0 Å². The van der Waals surface area contributed by atoms with E-state index in [1.54, 1.807) is 0 Å². The van der Waals surface area contributed by atoms with Crippen molar-refractivity contribution in [2.75, 3.05) is 6.61 Å². The van der Waals surface area contributed by atoms with Crippen LogP contribution in [0, 0.1) is 0 Å².